The van der Waals surface area contributed by atoms with E-state index in [4.69, 9.17) is 16.3 Å². The van der Waals surface area contributed by atoms with Gasteiger partial charge in [-0.15, -0.1) is 11.8 Å². The Morgan fingerprint density at radius 3 is 2.69 bits per heavy atom. The van der Waals surface area contributed by atoms with E-state index < -0.39 is 17.3 Å². The SMILES string of the molecule is C=CC(=O)N1CCN(c2nc(=O)n3c4c(c(-c5ccc(F)cc5F)c(Cl)cc24)SCC3COC)CC1. The third kappa shape index (κ3) is 4.16. The number of hydrogen-bond acceptors (Lipinski definition) is 6. The van der Waals surface area contributed by atoms with Gasteiger partial charge in [0.1, 0.15) is 17.5 Å². The van der Waals surface area contributed by atoms with Gasteiger partial charge in [0.2, 0.25) is 5.91 Å². The second kappa shape index (κ2) is 9.84. The first-order valence-electron chi connectivity index (χ1n) is 11.4. The number of anilines is 1. The normalized spacial score (nSPS) is 17.5. The first kappa shape index (κ1) is 24.7. The fraction of sp³-hybridized carbons (Fsp3) is 0.320. The van der Waals surface area contributed by atoms with Crippen LogP contribution in [-0.2, 0) is 9.53 Å². The van der Waals surface area contributed by atoms with Crippen LogP contribution in [0.4, 0.5) is 14.6 Å². The second-order valence-electron chi connectivity index (χ2n) is 8.61. The van der Waals surface area contributed by atoms with Crippen LogP contribution in [0.25, 0.3) is 22.0 Å². The smallest absolute Gasteiger partial charge is 0.350 e. The first-order valence-corrected chi connectivity index (χ1v) is 12.7. The van der Waals surface area contributed by atoms with Gasteiger partial charge in [-0.3, -0.25) is 9.36 Å². The molecular weight excluding hydrogens is 510 g/mol. The molecule has 2 aliphatic rings. The Morgan fingerprint density at radius 2 is 2.03 bits per heavy atom. The molecule has 188 valence electrons. The van der Waals surface area contributed by atoms with Gasteiger partial charge in [-0.2, -0.15) is 4.98 Å². The molecule has 0 N–H and O–H groups in total. The van der Waals surface area contributed by atoms with Gasteiger partial charge >= 0.3 is 5.69 Å². The first-order chi connectivity index (χ1) is 17.3. The lowest BCUT2D eigenvalue weighted by Crippen LogP contribution is -2.49. The summed E-state index contributed by atoms with van der Waals surface area (Å²) in [6.45, 7) is 5.70. The number of methoxy groups -OCH3 is 1. The lowest BCUT2D eigenvalue weighted by Gasteiger charge is -2.36. The number of benzene rings is 2. The van der Waals surface area contributed by atoms with E-state index in [1.807, 2.05) is 4.90 Å². The van der Waals surface area contributed by atoms with Crippen molar-refractivity contribution in [2.75, 3.05) is 50.5 Å². The van der Waals surface area contributed by atoms with Crippen LogP contribution in [0.3, 0.4) is 0 Å². The number of nitrogens with zero attached hydrogens (tertiary/aromatic N) is 4. The van der Waals surface area contributed by atoms with Gasteiger partial charge in [-0.05, 0) is 24.3 Å². The zero-order chi connectivity index (χ0) is 25.6. The fourth-order valence-corrected chi connectivity index (χ4v) is 6.50. The van der Waals surface area contributed by atoms with Crippen molar-refractivity contribution in [3.8, 4) is 11.1 Å². The quantitative estimate of drug-likeness (QED) is 0.461. The summed E-state index contributed by atoms with van der Waals surface area (Å²) < 4.78 is 35.5. The van der Waals surface area contributed by atoms with E-state index in [2.05, 4.69) is 11.6 Å². The summed E-state index contributed by atoms with van der Waals surface area (Å²) in [5, 5.41) is 0.923. The number of hydrogen-bond donors (Lipinski definition) is 0. The molecule has 1 saturated heterocycles. The molecule has 0 bridgehead atoms. The molecule has 0 aliphatic carbocycles. The highest BCUT2D eigenvalue weighted by Crippen LogP contribution is 2.48. The molecule has 1 fully saturated rings. The van der Waals surface area contributed by atoms with Crippen molar-refractivity contribution >= 4 is 46.0 Å². The van der Waals surface area contributed by atoms with Gasteiger partial charge in [-0.1, -0.05) is 18.2 Å². The van der Waals surface area contributed by atoms with Crippen LogP contribution in [0, 0.1) is 11.6 Å². The number of carbonyl (C=O) groups excluding carboxylic acids is 1. The minimum Gasteiger partial charge on any atom is -0.383 e. The Bertz CT molecular complexity index is 1440. The van der Waals surface area contributed by atoms with Crippen LogP contribution in [0.2, 0.25) is 5.02 Å². The summed E-state index contributed by atoms with van der Waals surface area (Å²) in [6.07, 6.45) is 1.28. The Labute approximate surface area is 215 Å². The van der Waals surface area contributed by atoms with Crippen LogP contribution >= 0.6 is 23.4 Å². The van der Waals surface area contributed by atoms with Crippen LogP contribution in [0.15, 0.2) is 46.6 Å². The van der Waals surface area contributed by atoms with Crippen molar-refractivity contribution < 1.29 is 18.3 Å². The number of thioether (sulfide) groups is 1. The summed E-state index contributed by atoms with van der Waals surface area (Å²) >= 11 is 8.20. The molecule has 36 heavy (non-hydrogen) atoms. The van der Waals surface area contributed by atoms with E-state index in [0.29, 0.717) is 65.7 Å². The van der Waals surface area contributed by atoms with Crippen LogP contribution in [0.1, 0.15) is 6.04 Å². The fourth-order valence-electron chi connectivity index (χ4n) is 4.83. The molecule has 1 unspecified atom stereocenters. The molecule has 0 saturated carbocycles. The van der Waals surface area contributed by atoms with E-state index >= 15 is 0 Å². The van der Waals surface area contributed by atoms with E-state index in [-0.39, 0.29) is 22.5 Å². The summed E-state index contributed by atoms with van der Waals surface area (Å²) in [7, 11) is 1.56. The summed E-state index contributed by atoms with van der Waals surface area (Å²) in [5.41, 5.74) is 0.716. The average Bonchev–Trinajstić information content (AvgIpc) is 2.87. The molecular formula is C25H23ClF2N4O3S. The topological polar surface area (TPSA) is 67.7 Å². The highest BCUT2D eigenvalue weighted by molar-refractivity contribution is 7.99. The molecule has 1 atom stereocenters. The second-order valence-corrected chi connectivity index (χ2v) is 10.0. The van der Waals surface area contributed by atoms with E-state index in [1.54, 1.807) is 22.6 Å². The van der Waals surface area contributed by atoms with E-state index in [1.165, 1.54) is 30.0 Å². The molecule has 0 spiro atoms. The number of piperazine rings is 1. The Morgan fingerprint density at radius 1 is 1.28 bits per heavy atom. The third-order valence-electron chi connectivity index (χ3n) is 6.51. The summed E-state index contributed by atoms with van der Waals surface area (Å²) in [5.74, 6) is -0.613. The lowest BCUT2D eigenvalue weighted by molar-refractivity contribution is -0.126. The number of rotatable bonds is 5. The standard InChI is InChI=1S/C25H23ClF2N4O3S/c1-3-20(33)30-6-8-31(9-7-30)24-17-11-18(26)21(16-5-4-14(27)10-19(16)28)23-22(17)32(25(34)29-24)15(12-35-2)13-36-23/h3-5,10-11,15H,1,6-9,12-13H2,2H3. The highest BCUT2D eigenvalue weighted by atomic mass is 35.5. The molecule has 5 rings (SSSR count). The summed E-state index contributed by atoms with van der Waals surface area (Å²) in [4.78, 5) is 34.1. The minimum atomic E-state index is -0.738. The maximum atomic E-state index is 14.9. The monoisotopic (exact) mass is 532 g/mol. The molecule has 2 aliphatic heterocycles. The number of halogens is 3. The van der Waals surface area contributed by atoms with Gasteiger partial charge in [0.15, 0.2) is 0 Å². The molecule has 7 nitrogen and oxygen atoms in total. The number of aromatic nitrogens is 2. The minimum absolute atomic E-state index is 0.146. The van der Waals surface area contributed by atoms with Crippen molar-refractivity contribution in [1.82, 2.24) is 14.5 Å². The highest BCUT2D eigenvalue weighted by Gasteiger charge is 2.32. The predicted molar refractivity (Wildman–Crippen MR) is 137 cm³/mol. The molecule has 2 aromatic carbocycles. The average molecular weight is 533 g/mol. The number of amides is 1. The molecule has 0 radical (unpaired) electrons. The molecule has 1 aromatic heterocycles. The van der Waals surface area contributed by atoms with E-state index in [9.17, 15) is 18.4 Å². The van der Waals surface area contributed by atoms with Crippen LogP contribution < -0.4 is 10.6 Å². The number of carbonyl (C=O) groups is 1. The van der Waals surface area contributed by atoms with Crippen molar-refractivity contribution in [1.29, 1.82) is 0 Å². The maximum absolute atomic E-state index is 14.9. The van der Waals surface area contributed by atoms with Crippen LogP contribution in [-0.4, -0.2) is 66.0 Å². The molecule has 3 heterocycles. The maximum Gasteiger partial charge on any atom is 0.350 e. The zero-order valence-corrected chi connectivity index (χ0v) is 21.0. The molecule has 3 aromatic rings. The summed E-state index contributed by atoms with van der Waals surface area (Å²) in [6, 6.07) is 4.77. The Kier molecular flexibility index (Phi) is 6.76. The molecule has 11 heteroatoms. The number of ether oxygens (including phenoxy) is 1. The molecule has 1 amide bonds. The van der Waals surface area contributed by atoms with Gasteiger partial charge in [0.25, 0.3) is 0 Å². The van der Waals surface area contributed by atoms with Crippen molar-refractivity contribution in [2.24, 2.45) is 0 Å². The Balaban J connectivity index is 1.72. The van der Waals surface area contributed by atoms with Crippen molar-refractivity contribution in [2.45, 2.75) is 10.9 Å². The largest absolute Gasteiger partial charge is 0.383 e. The Hall–Kier alpha value is -2.95. The van der Waals surface area contributed by atoms with Crippen molar-refractivity contribution in [3.05, 3.63) is 64.1 Å². The van der Waals surface area contributed by atoms with Gasteiger partial charge in [0.05, 0.1) is 23.2 Å². The lowest BCUT2D eigenvalue weighted by atomic mass is 10.0. The van der Waals surface area contributed by atoms with E-state index in [0.717, 1.165) is 6.07 Å². The van der Waals surface area contributed by atoms with Gasteiger partial charge < -0.3 is 14.5 Å². The van der Waals surface area contributed by atoms with Crippen molar-refractivity contribution in [3.63, 3.8) is 0 Å². The third-order valence-corrected chi connectivity index (χ3v) is 8.04. The van der Waals surface area contributed by atoms with Gasteiger partial charge in [-0.25, -0.2) is 13.6 Å². The predicted octanol–water partition coefficient (Wildman–Crippen LogP) is 4.12. The van der Waals surface area contributed by atoms with Gasteiger partial charge in [0, 0.05) is 66.5 Å². The zero-order valence-electron chi connectivity index (χ0n) is 19.5. The van der Waals surface area contributed by atoms with Crippen LogP contribution in [0.5, 0.6) is 0 Å².